The van der Waals surface area contributed by atoms with Gasteiger partial charge >= 0.3 is 0 Å². The van der Waals surface area contributed by atoms with Gasteiger partial charge in [0.15, 0.2) is 11.4 Å². The molecule has 1 aliphatic heterocycles. The minimum atomic E-state index is -0.500. The lowest BCUT2D eigenvalue weighted by molar-refractivity contribution is -0.134. The average molecular weight is 422 g/mol. The van der Waals surface area contributed by atoms with E-state index in [4.69, 9.17) is 10.1 Å². The van der Waals surface area contributed by atoms with Crippen molar-refractivity contribution in [1.29, 1.82) is 0 Å². The molecule has 0 unspecified atom stereocenters. The van der Waals surface area contributed by atoms with Gasteiger partial charge < -0.3 is 19.9 Å². The molecule has 1 saturated heterocycles. The lowest BCUT2D eigenvalue weighted by atomic mass is 9.87. The zero-order valence-corrected chi connectivity index (χ0v) is 18.1. The molecule has 31 heavy (non-hydrogen) atoms. The normalized spacial score (nSPS) is 14.8. The number of aliphatic hydroxyl groups excluding tert-OH is 1. The maximum Gasteiger partial charge on any atom is 0.248 e. The molecule has 0 atom stereocenters. The lowest BCUT2D eigenvalue weighted by Gasteiger charge is -2.35. The number of piperazine rings is 1. The molecule has 3 aromatic rings. The van der Waals surface area contributed by atoms with Crippen LogP contribution in [-0.2, 0) is 4.79 Å². The van der Waals surface area contributed by atoms with Gasteiger partial charge in [0.25, 0.3) is 0 Å². The minimum absolute atomic E-state index is 0.0272. The Morgan fingerprint density at radius 2 is 1.77 bits per heavy atom. The molecule has 2 aromatic heterocycles. The second-order valence-electron chi connectivity index (χ2n) is 8.81. The number of H-pyrrole nitrogens is 1. The van der Waals surface area contributed by atoms with E-state index in [1.807, 2.05) is 45.0 Å². The highest BCUT2D eigenvalue weighted by Crippen LogP contribution is 2.28. The molecule has 3 heterocycles. The van der Waals surface area contributed by atoms with Gasteiger partial charge in [-0.15, -0.1) is 0 Å². The molecule has 1 amide bonds. The van der Waals surface area contributed by atoms with Crippen molar-refractivity contribution in [2.75, 3.05) is 37.7 Å². The zero-order valence-electron chi connectivity index (χ0n) is 18.1. The van der Waals surface area contributed by atoms with Gasteiger partial charge in [0, 0.05) is 49.0 Å². The monoisotopic (exact) mass is 421 g/mol. The maximum atomic E-state index is 12.8. The fourth-order valence-corrected chi connectivity index (χ4v) is 3.76. The first-order valence-electron chi connectivity index (χ1n) is 10.4. The summed E-state index contributed by atoms with van der Waals surface area (Å²) >= 11 is 0. The van der Waals surface area contributed by atoms with E-state index < -0.39 is 12.0 Å². The minimum Gasteiger partial charge on any atom is -0.387 e. The summed E-state index contributed by atoms with van der Waals surface area (Å²) in [6.45, 7) is 7.88. The molecule has 0 aliphatic carbocycles. The number of anilines is 1. The molecule has 2 N–H and O–H groups in total. The van der Waals surface area contributed by atoms with Crippen LogP contribution in [0.15, 0.2) is 36.7 Å². The molecular formula is C23H27N5O3. The van der Waals surface area contributed by atoms with Crippen molar-refractivity contribution in [3.05, 3.63) is 42.2 Å². The summed E-state index contributed by atoms with van der Waals surface area (Å²) in [7, 11) is 0. The van der Waals surface area contributed by atoms with E-state index in [-0.39, 0.29) is 11.7 Å². The van der Waals surface area contributed by atoms with Crippen LogP contribution in [-0.4, -0.2) is 69.4 Å². The Labute approximate surface area is 180 Å². The molecule has 0 radical (unpaired) electrons. The summed E-state index contributed by atoms with van der Waals surface area (Å²) in [6, 6.07) is 8.05. The van der Waals surface area contributed by atoms with Crippen molar-refractivity contribution in [3.8, 4) is 11.3 Å². The number of aromatic amines is 1. The molecule has 1 fully saturated rings. The first kappa shape index (κ1) is 21.0. The van der Waals surface area contributed by atoms with Gasteiger partial charge in [-0.3, -0.25) is 9.59 Å². The smallest absolute Gasteiger partial charge is 0.248 e. The van der Waals surface area contributed by atoms with Crippen molar-refractivity contribution < 1.29 is 14.7 Å². The predicted octanol–water partition coefficient (Wildman–Crippen LogP) is 2.49. The number of ketones is 1. The highest BCUT2D eigenvalue weighted by molar-refractivity contribution is 6.08. The number of aromatic nitrogens is 3. The average Bonchev–Trinajstić information content (AvgIpc) is 3.20. The number of Topliss-reactive ketones (excluding diaryl/α,β-unsaturated/α-hetero) is 1. The van der Waals surface area contributed by atoms with Crippen LogP contribution in [0.25, 0.3) is 22.4 Å². The van der Waals surface area contributed by atoms with Gasteiger partial charge in [0.2, 0.25) is 5.91 Å². The maximum absolute atomic E-state index is 12.8. The quantitative estimate of drug-likeness (QED) is 0.628. The largest absolute Gasteiger partial charge is 0.387 e. The Hall–Kier alpha value is -3.26. The first-order chi connectivity index (χ1) is 14.8. The number of nitrogens with zero attached hydrogens (tertiary/aromatic N) is 4. The van der Waals surface area contributed by atoms with Gasteiger partial charge in [-0.25, -0.2) is 9.97 Å². The Kier molecular flexibility index (Phi) is 5.49. The predicted molar refractivity (Wildman–Crippen MR) is 119 cm³/mol. The Bertz CT molecular complexity index is 1110. The summed E-state index contributed by atoms with van der Waals surface area (Å²) in [5.41, 5.74) is 3.94. The fourth-order valence-electron chi connectivity index (χ4n) is 3.76. The van der Waals surface area contributed by atoms with Crippen molar-refractivity contribution >= 4 is 28.5 Å². The highest BCUT2D eigenvalue weighted by Gasteiger charge is 2.26. The van der Waals surface area contributed by atoms with E-state index in [2.05, 4.69) is 14.9 Å². The van der Waals surface area contributed by atoms with E-state index in [0.717, 1.165) is 24.3 Å². The molecule has 1 aromatic carbocycles. The Morgan fingerprint density at radius 1 is 1.10 bits per heavy atom. The van der Waals surface area contributed by atoms with Gasteiger partial charge in [0.1, 0.15) is 12.1 Å². The van der Waals surface area contributed by atoms with Crippen LogP contribution in [0.5, 0.6) is 0 Å². The third kappa shape index (κ3) is 4.16. The van der Waals surface area contributed by atoms with E-state index >= 15 is 0 Å². The standard InChI is InChI=1S/C23H27N5O3/c1-23(2,3)21(31)17-12-24-22-20(17)26-18(13-25-22)15-4-6-16(7-5-15)27-8-10-28(11-9-27)19(30)14-29/h4-7,12-13,29H,8-11,14H2,1-3H3,(H,24,25). The summed E-state index contributed by atoms with van der Waals surface area (Å²) in [4.78, 5) is 40.5. The van der Waals surface area contributed by atoms with Crippen LogP contribution in [0.4, 0.5) is 5.69 Å². The molecule has 0 spiro atoms. The van der Waals surface area contributed by atoms with Crippen molar-refractivity contribution in [3.63, 3.8) is 0 Å². The van der Waals surface area contributed by atoms with Crippen molar-refractivity contribution in [2.45, 2.75) is 20.8 Å². The SMILES string of the molecule is CC(C)(C)C(=O)c1c[nH]c2ncc(-c3ccc(N4CCN(C(=O)CO)CC4)cc3)nc12. The molecule has 0 bridgehead atoms. The van der Waals surface area contributed by atoms with Crippen molar-refractivity contribution in [1.82, 2.24) is 19.9 Å². The summed E-state index contributed by atoms with van der Waals surface area (Å²) in [5, 5.41) is 9.01. The fraction of sp³-hybridized carbons (Fsp3) is 0.391. The number of nitrogens with one attached hydrogen (secondary N) is 1. The van der Waals surface area contributed by atoms with Gasteiger partial charge in [0.05, 0.1) is 17.5 Å². The third-order valence-electron chi connectivity index (χ3n) is 5.60. The van der Waals surface area contributed by atoms with Gasteiger partial charge in [-0.2, -0.15) is 0 Å². The third-order valence-corrected chi connectivity index (χ3v) is 5.60. The molecule has 1 aliphatic rings. The topological polar surface area (TPSA) is 102 Å². The van der Waals surface area contributed by atoms with E-state index in [1.165, 1.54) is 0 Å². The van der Waals surface area contributed by atoms with Crippen LogP contribution >= 0.6 is 0 Å². The number of amides is 1. The summed E-state index contributed by atoms with van der Waals surface area (Å²) in [6.07, 6.45) is 3.39. The Morgan fingerprint density at radius 3 is 2.39 bits per heavy atom. The lowest BCUT2D eigenvalue weighted by Crippen LogP contribution is -2.49. The highest BCUT2D eigenvalue weighted by atomic mass is 16.3. The van der Waals surface area contributed by atoms with Crippen LogP contribution in [0.3, 0.4) is 0 Å². The van der Waals surface area contributed by atoms with Crippen LogP contribution in [0.1, 0.15) is 31.1 Å². The molecular weight excluding hydrogens is 394 g/mol. The molecule has 8 nitrogen and oxygen atoms in total. The molecule has 0 saturated carbocycles. The molecule has 4 rings (SSSR count). The Balaban J connectivity index is 1.54. The second kappa shape index (κ2) is 8.11. The van der Waals surface area contributed by atoms with Crippen LogP contribution in [0, 0.1) is 5.41 Å². The molecule has 162 valence electrons. The second-order valence-corrected chi connectivity index (χ2v) is 8.81. The van der Waals surface area contributed by atoms with Crippen LogP contribution < -0.4 is 4.90 Å². The number of benzene rings is 1. The number of carbonyl (C=O) groups excluding carboxylic acids is 2. The molecule has 8 heteroatoms. The number of hydrogen-bond acceptors (Lipinski definition) is 6. The number of carbonyl (C=O) groups is 2. The van der Waals surface area contributed by atoms with E-state index in [1.54, 1.807) is 17.3 Å². The summed E-state index contributed by atoms with van der Waals surface area (Å²) in [5.74, 6) is -0.197. The zero-order chi connectivity index (χ0) is 22.2. The van der Waals surface area contributed by atoms with E-state index in [0.29, 0.717) is 35.5 Å². The van der Waals surface area contributed by atoms with Gasteiger partial charge in [-0.1, -0.05) is 32.9 Å². The van der Waals surface area contributed by atoms with Gasteiger partial charge in [-0.05, 0) is 12.1 Å². The first-order valence-corrected chi connectivity index (χ1v) is 10.4. The number of hydrogen-bond donors (Lipinski definition) is 2. The van der Waals surface area contributed by atoms with Crippen molar-refractivity contribution in [2.24, 2.45) is 5.41 Å². The summed E-state index contributed by atoms with van der Waals surface area (Å²) < 4.78 is 0. The van der Waals surface area contributed by atoms with E-state index in [9.17, 15) is 9.59 Å². The number of aliphatic hydroxyl groups is 1. The number of rotatable bonds is 4. The van der Waals surface area contributed by atoms with Crippen LogP contribution in [0.2, 0.25) is 0 Å². The number of fused-ring (bicyclic) bond motifs is 1.